The third kappa shape index (κ3) is 4.00. The van der Waals surface area contributed by atoms with Crippen LogP contribution in [0.25, 0.3) is 0 Å². The topological polar surface area (TPSA) is 9.23 Å². The Bertz CT molecular complexity index is 251. The Hall–Kier alpha value is 0.461. The fraction of sp³-hybridized carbons (Fsp3) is 0.111. The average Bonchev–Trinajstić information content (AvgIpc) is 2.05. The van der Waals surface area contributed by atoms with Crippen LogP contribution in [0.15, 0.2) is 36.6 Å². The monoisotopic (exact) mass is 344 g/mol. The van der Waals surface area contributed by atoms with E-state index in [2.05, 4.69) is 6.07 Å². The Morgan fingerprint density at radius 2 is 1.85 bits per heavy atom. The Labute approximate surface area is 113 Å². The van der Waals surface area contributed by atoms with Gasteiger partial charge < -0.3 is 4.74 Å². The molecule has 13 heavy (non-hydrogen) atoms. The van der Waals surface area contributed by atoms with E-state index in [1.165, 1.54) is 5.56 Å². The fourth-order valence-corrected chi connectivity index (χ4v) is 1.08. The molecule has 1 nitrogen and oxygen atoms in total. The quantitative estimate of drug-likeness (QED) is 0.656. The van der Waals surface area contributed by atoms with E-state index in [-0.39, 0.29) is 54.6 Å². The Kier molecular flexibility index (Phi) is 9.58. The molecule has 74 valence electrons. The summed E-state index contributed by atoms with van der Waals surface area (Å²) in [5.41, 5.74) is 1.27. The summed E-state index contributed by atoms with van der Waals surface area (Å²) < 4.78 is 5.24. The molecule has 2 rings (SSSR count). The van der Waals surface area contributed by atoms with Gasteiger partial charge in [0, 0.05) is 54.6 Å². The Morgan fingerprint density at radius 1 is 1.15 bits per heavy atom. The van der Waals surface area contributed by atoms with Gasteiger partial charge in [0.1, 0.15) is 5.75 Å². The fourth-order valence-electron chi connectivity index (χ4n) is 1.08. The van der Waals surface area contributed by atoms with E-state index in [0.29, 0.717) is 0 Å². The summed E-state index contributed by atoms with van der Waals surface area (Å²) >= 11 is 0. The van der Waals surface area contributed by atoms with E-state index in [1.807, 2.05) is 24.3 Å². The number of hydrogen-bond acceptors (Lipinski definition) is 1. The number of rotatable bonds is 0. The summed E-state index contributed by atoms with van der Waals surface area (Å²) in [6.45, 7) is 0. The summed E-state index contributed by atoms with van der Waals surface area (Å²) in [5, 5.41) is 0. The van der Waals surface area contributed by atoms with Crippen LogP contribution in [0.5, 0.6) is 5.75 Å². The van der Waals surface area contributed by atoms with Crippen LogP contribution in [0.2, 0.25) is 0 Å². The Balaban J connectivity index is 0. The molecule has 0 bridgehead atoms. The van der Waals surface area contributed by atoms with Crippen molar-refractivity contribution in [1.82, 2.24) is 0 Å². The van der Waals surface area contributed by atoms with Gasteiger partial charge in [0.05, 0.1) is 6.26 Å². The summed E-state index contributed by atoms with van der Waals surface area (Å²) in [6.07, 6.45) is 4.75. The van der Waals surface area contributed by atoms with Gasteiger partial charge in [-0.1, -0.05) is 18.2 Å². The molecule has 4 heteroatoms. The van der Waals surface area contributed by atoms with Crippen LogP contribution < -0.4 is 4.74 Å². The Morgan fingerprint density at radius 3 is 2.54 bits per heavy atom. The van der Waals surface area contributed by atoms with Crippen molar-refractivity contribution in [2.45, 2.75) is 6.42 Å². The van der Waals surface area contributed by atoms with Gasteiger partial charge in [0.2, 0.25) is 0 Å². The first-order valence-corrected chi connectivity index (χ1v) is 3.36. The molecule has 1 heterocycles. The van der Waals surface area contributed by atoms with Gasteiger partial charge in [-0.2, -0.15) is 0 Å². The molecule has 0 spiro atoms. The zero-order valence-electron chi connectivity index (χ0n) is 6.66. The molecular weight excluding hydrogens is 335 g/mol. The van der Waals surface area contributed by atoms with E-state index in [9.17, 15) is 0 Å². The van der Waals surface area contributed by atoms with Crippen molar-refractivity contribution in [3.05, 3.63) is 42.2 Å². The van der Waals surface area contributed by atoms with Gasteiger partial charge >= 0.3 is 0 Å². The minimum Gasteiger partial charge on any atom is -0.465 e. The van der Waals surface area contributed by atoms with Crippen molar-refractivity contribution >= 4 is 0 Å². The zero-order chi connectivity index (χ0) is 6.81. The molecule has 0 atom stereocenters. The normalized spacial score (nSPS) is 10.8. The standard InChI is InChI=1S/C9H8O.Fe.Mo.Ni/c1-2-6-9-8(4-1)5-3-7-10-9;;;/h1-4,6-7H,5H2;;;. The van der Waals surface area contributed by atoms with Crippen molar-refractivity contribution in [3.8, 4) is 5.75 Å². The van der Waals surface area contributed by atoms with Crippen molar-refractivity contribution in [1.29, 1.82) is 0 Å². The molecule has 0 fully saturated rings. The molecule has 0 aliphatic carbocycles. The molecule has 0 amide bonds. The van der Waals surface area contributed by atoms with Crippen LogP contribution in [0.1, 0.15) is 5.56 Å². The maximum Gasteiger partial charge on any atom is 0.130 e. The van der Waals surface area contributed by atoms with Crippen LogP contribution >= 0.6 is 0 Å². The second kappa shape index (κ2) is 7.83. The molecule has 1 aliphatic rings. The summed E-state index contributed by atoms with van der Waals surface area (Å²) in [4.78, 5) is 0. The second-order valence-electron chi connectivity index (χ2n) is 2.30. The largest absolute Gasteiger partial charge is 0.465 e. The number of fused-ring (bicyclic) bond motifs is 1. The van der Waals surface area contributed by atoms with Crippen molar-refractivity contribution < 1.29 is 59.4 Å². The van der Waals surface area contributed by atoms with Crippen molar-refractivity contribution in [2.24, 2.45) is 0 Å². The predicted molar refractivity (Wildman–Crippen MR) is 39.9 cm³/mol. The first-order valence-electron chi connectivity index (χ1n) is 3.36. The maximum atomic E-state index is 5.24. The predicted octanol–water partition coefficient (Wildman–Crippen LogP) is 2.13. The number of hydrogen-bond donors (Lipinski definition) is 0. The van der Waals surface area contributed by atoms with Crippen LogP contribution in [0.3, 0.4) is 0 Å². The minimum absolute atomic E-state index is 0. The molecule has 0 radical (unpaired) electrons. The number of benzene rings is 1. The van der Waals surface area contributed by atoms with Crippen LogP contribution in [0.4, 0.5) is 0 Å². The minimum atomic E-state index is 0. The van der Waals surface area contributed by atoms with Gasteiger partial charge in [-0.15, -0.1) is 0 Å². The van der Waals surface area contributed by atoms with Crippen LogP contribution in [-0.4, -0.2) is 0 Å². The maximum absolute atomic E-state index is 5.24. The molecule has 0 unspecified atom stereocenters. The second-order valence-corrected chi connectivity index (χ2v) is 2.30. The molecular formula is C9H8FeMoNiO. The SMILES string of the molecule is C1=COc2ccccc2C1.[Fe].[Mo].[Ni]. The van der Waals surface area contributed by atoms with E-state index in [0.717, 1.165) is 12.2 Å². The zero-order valence-corrected chi connectivity index (χ0v) is 10.8. The van der Waals surface area contributed by atoms with E-state index in [1.54, 1.807) is 6.26 Å². The molecule has 1 aromatic carbocycles. The molecule has 0 aromatic heterocycles. The van der Waals surface area contributed by atoms with E-state index in [4.69, 9.17) is 4.74 Å². The molecule has 1 aliphatic heterocycles. The smallest absolute Gasteiger partial charge is 0.130 e. The number of para-hydroxylation sites is 1. The molecule has 0 saturated heterocycles. The van der Waals surface area contributed by atoms with Gasteiger partial charge in [-0.05, 0) is 24.1 Å². The summed E-state index contributed by atoms with van der Waals surface area (Å²) in [5.74, 6) is 0.991. The first kappa shape index (κ1) is 15.9. The number of allylic oxidation sites excluding steroid dienone is 1. The van der Waals surface area contributed by atoms with Crippen LogP contribution in [0, 0.1) is 0 Å². The summed E-state index contributed by atoms with van der Waals surface area (Å²) in [6, 6.07) is 8.08. The van der Waals surface area contributed by atoms with Crippen molar-refractivity contribution in [2.75, 3.05) is 0 Å². The van der Waals surface area contributed by atoms with E-state index >= 15 is 0 Å². The van der Waals surface area contributed by atoms with Gasteiger partial charge in [0.15, 0.2) is 0 Å². The third-order valence-electron chi connectivity index (χ3n) is 1.60. The van der Waals surface area contributed by atoms with Gasteiger partial charge in [-0.3, -0.25) is 0 Å². The first-order chi connectivity index (χ1) is 4.97. The van der Waals surface area contributed by atoms with E-state index < -0.39 is 0 Å². The van der Waals surface area contributed by atoms with Gasteiger partial charge in [0.25, 0.3) is 0 Å². The average molecular weight is 343 g/mol. The van der Waals surface area contributed by atoms with Crippen LogP contribution in [-0.2, 0) is 61.0 Å². The molecule has 0 saturated carbocycles. The summed E-state index contributed by atoms with van der Waals surface area (Å²) in [7, 11) is 0. The molecule has 1 aromatic rings. The van der Waals surface area contributed by atoms with Crippen molar-refractivity contribution in [3.63, 3.8) is 0 Å². The molecule has 0 N–H and O–H groups in total. The van der Waals surface area contributed by atoms with Gasteiger partial charge in [-0.25, -0.2) is 0 Å². The number of ether oxygens (including phenoxy) is 1. The third-order valence-corrected chi connectivity index (χ3v) is 1.60.